The molecule has 2 saturated carbocycles. The summed E-state index contributed by atoms with van der Waals surface area (Å²) < 4.78 is 0. The lowest BCUT2D eigenvalue weighted by Crippen LogP contribution is -2.34. The van der Waals surface area contributed by atoms with Gasteiger partial charge in [-0.05, 0) is 31.6 Å². The first-order chi connectivity index (χ1) is 6.84. The molecule has 0 bridgehead atoms. The fraction of sp³-hybridized carbons (Fsp3) is 0.909. The van der Waals surface area contributed by atoms with E-state index in [0.29, 0.717) is 5.92 Å². The molecule has 14 heavy (non-hydrogen) atoms. The van der Waals surface area contributed by atoms with E-state index in [9.17, 15) is 4.79 Å². The molecule has 0 aliphatic heterocycles. The number of rotatable bonds is 6. The Bertz CT molecular complexity index is 197. The Labute approximate surface area is 85.6 Å². The maximum absolute atomic E-state index is 11.4. The van der Waals surface area contributed by atoms with Crippen LogP contribution in [0.5, 0.6) is 0 Å². The predicted molar refractivity (Wildman–Crippen MR) is 56.0 cm³/mol. The van der Waals surface area contributed by atoms with Crippen LogP contribution in [0.4, 0.5) is 0 Å². The van der Waals surface area contributed by atoms with Crippen molar-refractivity contribution in [3.8, 4) is 0 Å². The molecule has 1 amide bonds. The molecule has 2 rings (SSSR count). The van der Waals surface area contributed by atoms with Crippen molar-refractivity contribution < 1.29 is 4.79 Å². The molecule has 2 fully saturated rings. The summed E-state index contributed by atoms with van der Waals surface area (Å²) in [6.07, 6.45) is 7.22. The van der Waals surface area contributed by atoms with Crippen LogP contribution in [0, 0.1) is 5.92 Å². The molecule has 0 spiro atoms. The molecule has 0 unspecified atom stereocenters. The van der Waals surface area contributed by atoms with Crippen molar-refractivity contribution in [1.82, 2.24) is 10.6 Å². The second kappa shape index (κ2) is 4.78. The second-order valence-electron chi connectivity index (χ2n) is 4.58. The van der Waals surface area contributed by atoms with Crippen molar-refractivity contribution in [2.24, 2.45) is 5.92 Å². The maximum atomic E-state index is 11.4. The Kier molecular flexibility index (Phi) is 3.40. The number of nitrogens with one attached hydrogen (secondary N) is 2. The highest BCUT2D eigenvalue weighted by Crippen LogP contribution is 2.28. The molecule has 0 atom stereocenters. The van der Waals surface area contributed by atoms with Crippen LogP contribution in [0.15, 0.2) is 0 Å². The third kappa shape index (κ3) is 3.29. The predicted octanol–water partition coefficient (Wildman–Crippen LogP) is 1.04. The molecule has 2 N–H and O–H groups in total. The van der Waals surface area contributed by atoms with Crippen molar-refractivity contribution >= 4 is 5.91 Å². The van der Waals surface area contributed by atoms with Crippen LogP contribution in [0.25, 0.3) is 0 Å². The lowest BCUT2D eigenvalue weighted by molar-refractivity contribution is -0.122. The lowest BCUT2D eigenvalue weighted by atomic mass is 9.83. The Morgan fingerprint density at radius 2 is 1.93 bits per heavy atom. The van der Waals surface area contributed by atoms with Gasteiger partial charge in [-0.1, -0.05) is 6.42 Å². The highest BCUT2D eigenvalue weighted by atomic mass is 16.1. The van der Waals surface area contributed by atoms with E-state index in [1.54, 1.807) is 0 Å². The van der Waals surface area contributed by atoms with Gasteiger partial charge in [0, 0.05) is 25.6 Å². The zero-order chi connectivity index (χ0) is 9.80. The molecule has 0 aromatic rings. The van der Waals surface area contributed by atoms with Gasteiger partial charge in [-0.15, -0.1) is 0 Å². The Hall–Kier alpha value is -0.570. The fourth-order valence-corrected chi connectivity index (χ4v) is 1.80. The molecule has 0 saturated heterocycles. The van der Waals surface area contributed by atoms with Crippen molar-refractivity contribution in [2.75, 3.05) is 13.1 Å². The Balaban J connectivity index is 1.44. The average Bonchev–Trinajstić information content (AvgIpc) is 2.89. The third-order valence-electron chi connectivity index (χ3n) is 3.16. The number of carbonyl (C=O) groups excluding carboxylic acids is 1. The Morgan fingerprint density at radius 1 is 1.14 bits per heavy atom. The smallest absolute Gasteiger partial charge is 0.220 e. The second-order valence-corrected chi connectivity index (χ2v) is 4.58. The summed E-state index contributed by atoms with van der Waals surface area (Å²) in [5.74, 6) is 0.929. The van der Waals surface area contributed by atoms with Crippen LogP contribution >= 0.6 is 0 Å². The monoisotopic (exact) mass is 196 g/mol. The molecular formula is C11H20N2O. The van der Waals surface area contributed by atoms with Gasteiger partial charge >= 0.3 is 0 Å². The van der Waals surface area contributed by atoms with E-state index >= 15 is 0 Å². The first-order valence-corrected chi connectivity index (χ1v) is 5.84. The van der Waals surface area contributed by atoms with Crippen LogP contribution in [0.3, 0.4) is 0 Å². The maximum Gasteiger partial charge on any atom is 0.220 e. The van der Waals surface area contributed by atoms with Gasteiger partial charge in [0.25, 0.3) is 0 Å². The van der Waals surface area contributed by atoms with Crippen molar-refractivity contribution in [2.45, 2.75) is 44.6 Å². The molecule has 2 aliphatic rings. The van der Waals surface area contributed by atoms with Crippen LogP contribution < -0.4 is 10.6 Å². The molecular weight excluding hydrogens is 176 g/mol. The van der Waals surface area contributed by atoms with Crippen LogP contribution in [-0.4, -0.2) is 25.0 Å². The summed E-state index contributed by atoms with van der Waals surface area (Å²) in [5, 5.41) is 6.34. The van der Waals surface area contributed by atoms with Crippen molar-refractivity contribution in [3.63, 3.8) is 0 Å². The van der Waals surface area contributed by atoms with Gasteiger partial charge in [-0.2, -0.15) is 0 Å². The van der Waals surface area contributed by atoms with Gasteiger partial charge in [0.1, 0.15) is 0 Å². The third-order valence-corrected chi connectivity index (χ3v) is 3.16. The first-order valence-electron chi connectivity index (χ1n) is 5.84. The van der Waals surface area contributed by atoms with Gasteiger partial charge in [0.15, 0.2) is 0 Å². The molecule has 2 aliphatic carbocycles. The highest BCUT2D eigenvalue weighted by Gasteiger charge is 2.21. The highest BCUT2D eigenvalue weighted by molar-refractivity contribution is 5.76. The fourth-order valence-electron chi connectivity index (χ4n) is 1.80. The molecule has 3 nitrogen and oxygen atoms in total. The molecule has 3 heteroatoms. The minimum Gasteiger partial charge on any atom is -0.355 e. The summed E-state index contributed by atoms with van der Waals surface area (Å²) in [5.41, 5.74) is 0. The van der Waals surface area contributed by atoms with E-state index in [-0.39, 0.29) is 5.91 Å². The van der Waals surface area contributed by atoms with E-state index in [2.05, 4.69) is 10.6 Å². The zero-order valence-electron chi connectivity index (χ0n) is 8.72. The minimum atomic E-state index is 0.243. The quantitative estimate of drug-likeness (QED) is 0.623. The number of hydrogen-bond donors (Lipinski definition) is 2. The van der Waals surface area contributed by atoms with Crippen molar-refractivity contribution in [1.29, 1.82) is 0 Å². The lowest BCUT2D eigenvalue weighted by Gasteiger charge is -2.24. The van der Waals surface area contributed by atoms with E-state index < -0.39 is 0 Å². The Morgan fingerprint density at radius 3 is 2.50 bits per heavy atom. The normalized spacial score (nSPS) is 21.7. The van der Waals surface area contributed by atoms with E-state index in [1.807, 2.05) is 0 Å². The zero-order valence-corrected chi connectivity index (χ0v) is 8.72. The minimum absolute atomic E-state index is 0.243. The summed E-state index contributed by atoms with van der Waals surface area (Å²) in [7, 11) is 0. The van der Waals surface area contributed by atoms with Gasteiger partial charge in [0.05, 0.1) is 0 Å². The van der Waals surface area contributed by atoms with Crippen LogP contribution in [0.2, 0.25) is 0 Å². The van der Waals surface area contributed by atoms with E-state index in [1.165, 1.54) is 32.1 Å². The summed E-state index contributed by atoms with van der Waals surface area (Å²) in [6, 6.07) is 0.749. The van der Waals surface area contributed by atoms with E-state index in [4.69, 9.17) is 0 Å². The van der Waals surface area contributed by atoms with Gasteiger partial charge in [-0.3, -0.25) is 4.79 Å². The van der Waals surface area contributed by atoms with Gasteiger partial charge in [-0.25, -0.2) is 0 Å². The van der Waals surface area contributed by atoms with Crippen LogP contribution in [-0.2, 0) is 4.79 Å². The molecule has 0 radical (unpaired) electrons. The van der Waals surface area contributed by atoms with Crippen molar-refractivity contribution in [3.05, 3.63) is 0 Å². The van der Waals surface area contributed by atoms with Crippen LogP contribution in [0.1, 0.15) is 38.5 Å². The summed E-state index contributed by atoms with van der Waals surface area (Å²) in [6.45, 7) is 1.73. The first kappa shape index (κ1) is 9.97. The molecule has 80 valence electrons. The largest absolute Gasteiger partial charge is 0.355 e. The number of carbonyl (C=O) groups is 1. The SMILES string of the molecule is O=C(CC1CCC1)NCCNC1CC1. The number of hydrogen-bond acceptors (Lipinski definition) is 2. The van der Waals surface area contributed by atoms with Gasteiger partial charge < -0.3 is 10.6 Å². The standard InChI is InChI=1S/C11H20N2O/c14-11(8-9-2-1-3-9)13-7-6-12-10-4-5-10/h9-10,12H,1-8H2,(H,13,14). The summed E-state index contributed by atoms with van der Waals surface area (Å²) in [4.78, 5) is 11.4. The molecule has 0 aromatic carbocycles. The topological polar surface area (TPSA) is 41.1 Å². The van der Waals surface area contributed by atoms with E-state index in [0.717, 1.165) is 25.6 Å². The average molecular weight is 196 g/mol. The number of amides is 1. The van der Waals surface area contributed by atoms with Gasteiger partial charge in [0.2, 0.25) is 5.91 Å². The summed E-state index contributed by atoms with van der Waals surface area (Å²) >= 11 is 0. The molecule has 0 heterocycles. The molecule has 0 aromatic heterocycles.